The summed E-state index contributed by atoms with van der Waals surface area (Å²) in [6.07, 6.45) is 0. The van der Waals surface area contributed by atoms with Crippen molar-refractivity contribution in [3.05, 3.63) is 0 Å². The second kappa shape index (κ2) is 2.87. The maximum atomic E-state index is 8.45. The van der Waals surface area contributed by atoms with Gasteiger partial charge in [-0.2, -0.15) is 0 Å². The van der Waals surface area contributed by atoms with E-state index in [9.17, 15) is 0 Å². The highest BCUT2D eigenvalue weighted by molar-refractivity contribution is 6.67. The smallest absolute Gasteiger partial charge is 0.179 e. The lowest BCUT2D eigenvalue weighted by molar-refractivity contribution is -0.144. The quantitative estimate of drug-likeness (QED) is 0.391. The van der Waals surface area contributed by atoms with E-state index in [1.165, 1.54) is 0 Å². The van der Waals surface area contributed by atoms with Gasteiger partial charge in [-0.05, 0) is 20.8 Å². The molecule has 0 amide bonds. The van der Waals surface area contributed by atoms with Gasteiger partial charge in [0.05, 0.1) is 6.61 Å². The van der Waals surface area contributed by atoms with E-state index >= 15 is 0 Å². The number of halogens is 1. The molecule has 1 atom stereocenters. The largest absolute Gasteiger partial charge is 0.410 e. The van der Waals surface area contributed by atoms with Crippen LogP contribution in [-0.4, -0.2) is 28.4 Å². The molecule has 4 nitrogen and oxygen atoms in total. The molecule has 0 aliphatic carbocycles. The third-order valence-corrected chi connectivity index (χ3v) is 2.17. The van der Waals surface area contributed by atoms with Crippen LogP contribution < -0.4 is 0 Å². The molecule has 0 unspecified atom stereocenters. The second-order valence-electron chi connectivity index (χ2n) is 3.41. The van der Waals surface area contributed by atoms with Crippen molar-refractivity contribution in [2.75, 3.05) is 6.61 Å². The molecule has 0 aromatic rings. The van der Waals surface area contributed by atoms with E-state index in [1.54, 1.807) is 20.8 Å². The van der Waals surface area contributed by atoms with Crippen LogP contribution in [0.4, 0.5) is 0 Å². The van der Waals surface area contributed by atoms with Gasteiger partial charge in [-0.1, -0.05) is 16.8 Å². The molecule has 1 heterocycles. The Morgan fingerprint density at radius 3 is 2.42 bits per heavy atom. The number of hydrogen-bond donors (Lipinski definition) is 1. The Labute approximate surface area is 76.1 Å². The number of rotatable bonds is 1. The molecule has 0 aromatic carbocycles. The average molecular weight is 194 g/mol. The van der Waals surface area contributed by atoms with Gasteiger partial charge in [0.2, 0.25) is 0 Å². The van der Waals surface area contributed by atoms with Crippen LogP contribution in [0.3, 0.4) is 0 Å². The van der Waals surface area contributed by atoms with Crippen molar-refractivity contribution in [3.8, 4) is 0 Å². The normalized spacial score (nSPS) is 35.5. The lowest BCUT2D eigenvalue weighted by atomic mass is 10.1. The second-order valence-corrected chi connectivity index (χ2v) is 3.77. The van der Waals surface area contributed by atoms with Gasteiger partial charge in [-0.25, -0.2) is 0 Å². The maximum Gasteiger partial charge on any atom is 0.179 e. The predicted molar refractivity (Wildman–Crippen MR) is 44.6 cm³/mol. The Morgan fingerprint density at radius 2 is 2.08 bits per heavy atom. The Kier molecular flexibility index (Phi) is 2.33. The zero-order chi connectivity index (χ0) is 9.41. The van der Waals surface area contributed by atoms with Gasteiger partial charge >= 0.3 is 0 Å². The Balaban J connectivity index is 2.78. The number of ether oxygens (including phenoxy) is 2. The van der Waals surface area contributed by atoms with Gasteiger partial charge in [-0.3, -0.25) is 0 Å². The van der Waals surface area contributed by atoms with E-state index in [0.717, 1.165) is 0 Å². The molecule has 1 aliphatic rings. The minimum absolute atomic E-state index is 0.00748. The van der Waals surface area contributed by atoms with Gasteiger partial charge in [-0.15, -0.1) is 0 Å². The fourth-order valence-corrected chi connectivity index (χ4v) is 1.21. The Bertz CT molecular complexity index is 217. The van der Waals surface area contributed by atoms with Crippen LogP contribution in [0, 0.1) is 0 Å². The van der Waals surface area contributed by atoms with E-state index in [-0.39, 0.29) is 5.17 Å². The molecule has 5 heteroatoms. The Hall–Kier alpha value is -0.320. The van der Waals surface area contributed by atoms with E-state index in [4.69, 9.17) is 26.3 Å². The number of nitrogens with zero attached hydrogens (tertiary/aromatic N) is 1. The first-order valence-electron chi connectivity index (χ1n) is 3.62. The van der Waals surface area contributed by atoms with Crippen LogP contribution in [0.1, 0.15) is 20.8 Å². The summed E-state index contributed by atoms with van der Waals surface area (Å²) in [5.74, 6) is -0.667. The van der Waals surface area contributed by atoms with Crippen LogP contribution in [0.25, 0.3) is 0 Å². The van der Waals surface area contributed by atoms with Gasteiger partial charge in [0.25, 0.3) is 0 Å². The number of oxime groups is 1. The van der Waals surface area contributed by atoms with Crippen LogP contribution in [0.5, 0.6) is 0 Å². The van der Waals surface area contributed by atoms with E-state index < -0.39 is 11.4 Å². The monoisotopic (exact) mass is 193 g/mol. The van der Waals surface area contributed by atoms with Gasteiger partial charge in [0.1, 0.15) is 5.60 Å². The SMILES string of the molecule is CC1(C)OC[C@](C)(/C(Cl)=N/O)O1. The molecule has 0 aromatic heterocycles. The standard InChI is InChI=1S/C7H12ClNO3/c1-6(2)11-4-7(3,12-6)5(8)9-10/h10H,4H2,1-3H3/b9-5-/t7-/m1/s1. The average Bonchev–Trinajstić information content (AvgIpc) is 2.25. The summed E-state index contributed by atoms with van der Waals surface area (Å²) in [5.41, 5.74) is -0.820. The third kappa shape index (κ3) is 1.71. The highest BCUT2D eigenvalue weighted by Gasteiger charge is 2.45. The van der Waals surface area contributed by atoms with Crippen molar-refractivity contribution in [1.29, 1.82) is 0 Å². The minimum atomic E-state index is -0.820. The Morgan fingerprint density at radius 1 is 1.50 bits per heavy atom. The summed E-state index contributed by atoms with van der Waals surface area (Å²) in [5, 5.41) is 11.3. The summed E-state index contributed by atoms with van der Waals surface area (Å²) in [7, 11) is 0. The van der Waals surface area contributed by atoms with Crippen LogP contribution >= 0.6 is 11.6 Å². The molecule has 1 saturated heterocycles. The summed E-state index contributed by atoms with van der Waals surface area (Å²) in [4.78, 5) is 0. The molecular weight excluding hydrogens is 182 g/mol. The first-order chi connectivity index (χ1) is 5.40. The maximum absolute atomic E-state index is 8.45. The predicted octanol–water partition coefficient (Wildman–Crippen LogP) is 1.55. The van der Waals surface area contributed by atoms with Crippen molar-refractivity contribution < 1.29 is 14.7 Å². The zero-order valence-corrected chi connectivity index (χ0v) is 8.05. The summed E-state index contributed by atoms with van der Waals surface area (Å²) in [6, 6.07) is 0. The van der Waals surface area contributed by atoms with Gasteiger partial charge in [0.15, 0.2) is 11.0 Å². The first-order valence-corrected chi connectivity index (χ1v) is 4.00. The highest BCUT2D eigenvalue weighted by Crippen LogP contribution is 2.32. The molecule has 0 spiro atoms. The van der Waals surface area contributed by atoms with Crippen molar-refractivity contribution in [2.45, 2.75) is 32.2 Å². The topological polar surface area (TPSA) is 51.0 Å². The molecule has 12 heavy (non-hydrogen) atoms. The van der Waals surface area contributed by atoms with Crippen LogP contribution in [0.2, 0.25) is 0 Å². The fraction of sp³-hybridized carbons (Fsp3) is 0.857. The minimum Gasteiger partial charge on any atom is -0.410 e. The zero-order valence-electron chi connectivity index (χ0n) is 7.30. The lowest BCUT2D eigenvalue weighted by Gasteiger charge is -2.22. The first kappa shape index (κ1) is 9.77. The molecular formula is C7H12ClNO3. The van der Waals surface area contributed by atoms with E-state index in [2.05, 4.69) is 5.16 Å². The molecule has 1 fully saturated rings. The van der Waals surface area contributed by atoms with Gasteiger partial charge in [0, 0.05) is 0 Å². The van der Waals surface area contributed by atoms with Crippen molar-refractivity contribution >= 4 is 16.8 Å². The molecule has 0 bridgehead atoms. The van der Waals surface area contributed by atoms with Crippen LogP contribution in [-0.2, 0) is 9.47 Å². The summed E-state index contributed by atoms with van der Waals surface area (Å²) >= 11 is 5.64. The van der Waals surface area contributed by atoms with Crippen LogP contribution in [0.15, 0.2) is 5.16 Å². The van der Waals surface area contributed by atoms with E-state index in [0.29, 0.717) is 6.61 Å². The number of hydrogen-bond acceptors (Lipinski definition) is 4. The molecule has 0 saturated carbocycles. The fourth-order valence-electron chi connectivity index (χ4n) is 1.12. The van der Waals surface area contributed by atoms with E-state index in [1.807, 2.05) is 0 Å². The molecule has 70 valence electrons. The molecule has 1 aliphatic heterocycles. The van der Waals surface area contributed by atoms with Crippen molar-refractivity contribution in [3.63, 3.8) is 0 Å². The molecule has 1 rings (SSSR count). The lowest BCUT2D eigenvalue weighted by Crippen LogP contribution is -2.36. The molecule has 0 radical (unpaired) electrons. The van der Waals surface area contributed by atoms with Gasteiger partial charge < -0.3 is 14.7 Å². The van der Waals surface area contributed by atoms with Crippen molar-refractivity contribution in [1.82, 2.24) is 0 Å². The van der Waals surface area contributed by atoms with Crippen molar-refractivity contribution in [2.24, 2.45) is 5.16 Å². The third-order valence-electron chi connectivity index (χ3n) is 1.69. The molecule has 1 N–H and O–H groups in total. The highest BCUT2D eigenvalue weighted by atomic mass is 35.5. The summed E-state index contributed by atoms with van der Waals surface area (Å²) < 4.78 is 10.7. The summed E-state index contributed by atoms with van der Waals surface area (Å²) in [6.45, 7) is 5.56.